The van der Waals surface area contributed by atoms with Crippen LogP contribution in [0.3, 0.4) is 0 Å². The first kappa shape index (κ1) is 24.4. The van der Waals surface area contributed by atoms with Crippen LogP contribution in [-0.4, -0.2) is 55.6 Å². The van der Waals surface area contributed by atoms with E-state index in [1.807, 2.05) is 0 Å². The fourth-order valence-corrected chi connectivity index (χ4v) is 2.75. The molecule has 0 radical (unpaired) electrons. The standard InChI is InChI=1S/C15H26F3N5S.HI/c1-5-11(2)23(4)9-8-21-14(19-3)20-7-6-13-22-12(10-24-13)15(16,17)18;/h10-11H,5-9H2,1-4H3,(H2,19,20,21);1H. The number of halogens is 4. The molecule has 0 aliphatic rings. The third-order valence-corrected chi connectivity index (χ3v) is 4.71. The zero-order valence-electron chi connectivity index (χ0n) is 15.0. The topological polar surface area (TPSA) is 52.5 Å². The summed E-state index contributed by atoms with van der Waals surface area (Å²) >= 11 is 1.03. The molecular formula is C15H27F3IN5S. The third-order valence-electron chi connectivity index (χ3n) is 3.80. The second kappa shape index (κ2) is 11.9. The van der Waals surface area contributed by atoms with Gasteiger partial charge in [-0.05, 0) is 20.4 Å². The van der Waals surface area contributed by atoms with Crippen LogP contribution in [-0.2, 0) is 12.6 Å². The van der Waals surface area contributed by atoms with Crippen LogP contribution in [0.2, 0.25) is 0 Å². The van der Waals surface area contributed by atoms with Crippen LogP contribution in [0.15, 0.2) is 10.4 Å². The molecule has 0 amide bonds. The minimum Gasteiger partial charge on any atom is -0.356 e. The van der Waals surface area contributed by atoms with Gasteiger partial charge in [-0.15, -0.1) is 35.3 Å². The fraction of sp³-hybridized carbons (Fsp3) is 0.733. The van der Waals surface area contributed by atoms with Gasteiger partial charge in [-0.1, -0.05) is 6.92 Å². The Morgan fingerprint density at radius 3 is 2.52 bits per heavy atom. The summed E-state index contributed by atoms with van der Waals surface area (Å²) in [6.07, 6.45) is -2.85. The molecular weight excluding hydrogens is 466 g/mol. The molecule has 1 atom stereocenters. The quantitative estimate of drug-likeness (QED) is 0.332. The molecule has 0 aromatic carbocycles. The average molecular weight is 493 g/mol. The molecule has 1 unspecified atom stereocenters. The number of aromatic nitrogens is 1. The maximum Gasteiger partial charge on any atom is 0.434 e. The monoisotopic (exact) mass is 493 g/mol. The van der Waals surface area contributed by atoms with Crippen LogP contribution >= 0.6 is 35.3 Å². The maximum absolute atomic E-state index is 12.5. The van der Waals surface area contributed by atoms with Gasteiger partial charge in [-0.3, -0.25) is 4.99 Å². The van der Waals surface area contributed by atoms with E-state index < -0.39 is 11.9 Å². The van der Waals surface area contributed by atoms with Crippen molar-refractivity contribution in [1.29, 1.82) is 0 Å². The molecule has 0 spiro atoms. The highest BCUT2D eigenvalue weighted by Crippen LogP contribution is 2.29. The summed E-state index contributed by atoms with van der Waals surface area (Å²) in [5, 5.41) is 7.79. The number of likely N-dealkylation sites (N-methyl/N-ethyl adjacent to an activating group) is 1. The van der Waals surface area contributed by atoms with Crippen LogP contribution in [0, 0.1) is 0 Å². The summed E-state index contributed by atoms with van der Waals surface area (Å²) in [7, 11) is 3.74. The Balaban J connectivity index is 0.00000576. The summed E-state index contributed by atoms with van der Waals surface area (Å²) in [4.78, 5) is 9.97. The number of nitrogens with one attached hydrogen (secondary N) is 2. The summed E-state index contributed by atoms with van der Waals surface area (Å²) < 4.78 is 37.5. The van der Waals surface area contributed by atoms with E-state index in [9.17, 15) is 13.2 Å². The number of hydrogen-bond acceptors (Lipinski definition) is 4. The number of aliphatic imine (C=N–C) groups is 1. The predicted octanol–water partition coefficient (Wildman–Crippen LogP) is 3.22. The zero-order chi connectivity index (χ0) is 18.2. The molecule has 0 aliphatic heterocycles. The number of guanidine groups is 1. The van der Waals surface area contributed by atoms with Crippen molar-refractivity contribution < 1.29 is 13.2 Å². The normalized spacial score (nSPS) is 13.5. The van der Waals surface area contributed by atoms with E-state index in [-0.39, 0.29) is 24.0 Å². The van der Waals surface area contributed by atoms with Crippen molar-refractivity contribution >= 4 is 41.3 Å². The Labute approximate surface area is 168 Å². The smallest absolute Gasteiger partial charge is 0.356 e. The lowest BCUT2D eigenvalue weighted by Crippen LogP contribution is -2.42. The van der Waals surface area contributed by atoms with E-state index in [1.54, 1.807) is 7.05 Å². The van der Waals surface area contributed by atoms with Crippen molar-refractivity contribution in [3.05, 3.63) is 16.1 Å². The number of rotatable bonds is 8. The number of hydrogen-bond donors (Lipinski definition) is 2. The first-order chi connectivity index (χ1) is 11.3. The third kappa shape index (κ3) is 9.04. The Morgan fingerprint density at radius 2 is 2.00 bits per heavy atom. The molecule has 146 valence electrons. The molecule has 0 aliphatic carbocycles. The van der Waals surface area contributed by atoms with Gasteiger partial charge >= 0.3 is 6.18 Å². The average Bonchev–Trinajstić information content (AvgIpc) is 3.01. The van der Waals surface area contributed by atoms with Gasteiger partial charge in [0.25, 0.3) is 0 Å². The first-order valence-electron chi connectivity index (χ1n) is 7.94. The van der Waals surface area contributed by atoms with Crippen molar-refractivity contribution in [2.75, 3.05) is 33.7 Å². The molecule has 0 fully saturated rings. The molecule has 2 N–H and O–H groups in total. The zero-order valence-corrected chi connectivity index (χ0v) is 18.1. The molecule has 25 heavy (non-hydrogen) atoms. The van der Waals surface area contributed by atoms with Crippen molar-refractivity contribution in [2.24, 2.45) is 4.99 Å². The van der Waals surface area contributed by atoms with Gasteiger partial charge in [0.05, 0.1) is 5.01 Å². The second-order valence-electron chi connectivity index (χ2n) is 5.54. The second-order valence-corrected chi connectivity index (χ2v) is 6.48. The summed E-state index contributed by atoms with van der Waals surface area (Å²) in [5.74, 6) is 0.639. The maximum atomic E-state index is 12.5. The SMILES string of the molecule is CCC(C)N(C)CCNC(=NC)NCCc1nc(C(F)(F)F)cs1.I. The van der Waals surface area contributed by atoms with E-state index >= 15 is 0 Å². The molecule has 0 saturated heterocycles. The van der Waals surface area contributed by atoms with E-state index in [0.717, 1.165) is 36.2 Å². The van der Waals surface area contributed by atoms with Crippen LogP contribution in [0.4, 0.5) is 13.2 Å². The molecule has 10 heteroatoms. The van der Waals surface area contributed by atoms with E-state index in [1.165, 1.54) is 0 Å². The lowest BCUT2D eigenvalue weighted by Gasteiger charge is -2.23. The van der Waals surface area contributed by atoms with Gasteiger partial charge in [0.15, 0.2) is 11.7 Å². The molecule has 1 rings (SSSR count). The molecule has 1 heterocycles. The number of alkyl halides is 3. The van der Waals surface area contributed by atoms with Crippen LogP contribution in [0.1, 0.15) is 31.0 Å². The number of thiazole rings is 1. The van der Waals surface area contributed by atoms with Gasteiger partial charge in [0.1, 0.15) is 0 Å². The van der Waals surface area contributed by atoms with Crippen molar-refractivity contribution in [3.8, 4) is 0 Å². The predicted molar refractivity (Wildman–Crippen MR) is 108 cm³/mol. The van der Waals surface area contributed by atoms with E-state index in [4.69, 9.17) is 0 Å². The van der Waals surface area contributed by atoms with Crippen LogP contribution in [0.25, 0.3) is 0 Å². The van der Waals surface area contributed by atoms with Crippen LogP contribution in [0.5, 0.6) is 0 Å². The molecule has 5 nitrogen and oxygen atoms in total. The van der Waals surface area contributed by atoms with Gasteiger partial charge in [-0.25, -0.2) is 4.98 Å². The Bertz CT molecular complexity index is 522. The summed E-state index contributed by atoms with van der Waals surface area (Å²) in [5.41, 5.74) is -0.821. The van der Waals surface area contributed by atoms with Gasteiger partial charge in [0.2, 0.25) is 0 Å². The lowest BCUT2D eigenvalue weighted by atomic mass is 10.2. The molecule has 1 aromatic heterocycles. The fourth-order valence-electron chi connectivity index (χ4n) is 1.95. The highest BCUT2D eigenvalue weighted by molar-refractivity contribution is 14.0. The lowest BCUT2D eigenvalue weighted by molar-refractivity contribution is -0.140. The van der Waals surface area contributed by atoms with E-state index in [2.05, 4.69) is 46.4 Å². The highest BCUT2D eigenvalue weighted by Gasteiger charge is 2.33. The molecule has 1 aromatic rings. The summed E-state index contributed by atoms with van der Waals surface area (Å²) in [6, 6.07) is 0.523. The summed E-state index contributed by atoms with van der Waals surface area (Å²) in [6.45, 7) is 6.44. The van der Waals surface area contributed by atoms with Crippen LogP contribution < -0.4 is 10.6 Å². The minimum absolute atomic E-state index is 0. The Morgan fingerprint density at radius 1 is 1.36 bits per heavy atom. The van der Waals surface area contributed by atoms with Crippen molar-refractivity contribution in [1.82, 2.24) is 20.5 Å². The van der Waals surface area contributed by atoms with Crippen molar-refractivity contribution in [3.63, 3.8) is 0 Å². The van der Waals surface area contributed by atoms with Gasteiger partial charge in [-0.2, -0.15) is 13.2 Å². The molecule has 0 saturated carbocycles. The minimum atomic E-state index is -4.37. The Hall–Kier alpha value is -0.620. The first-order valence-corrected chi connectivity index (χ1v) is 8.82. The largest absolute Gasteiger partial charge is 0.434 e. The Kier molecular flexibility index (Phi) is 11.6. The highest BCUT2D eigenvalue weighted by atomic mass is 127. The number of nitrogens with zero attached hydrogens (tertiary/aromatic N) is 3. The van der Waals surface area contributed by atoms with Crippen molar-refractivity contribution in [2.45, 2.75) is 38.9 Å². The van der Waals surface area contributed by atoms with Gasteiger partial charge < -0.3 is 15.5 Å². The van der Waals surface area contributed by atoms with Gasteiger partial charge in [0, 0.05) is 44.5 Å². The van der Waals surface area contributed by atoms with E-state index in [0.29, 0.717) is 30.0 Å². The molecule has 0 bridgehead atoms.